The second-order valence-corrected chi connectivity index (χ2v) is 9.05. The molecule has 1 amide bonds. The fraction of sp³-hybridized carbons (Fsp3) is 0.238. The number of thiophene rings is 2. The summed E-state index contributed by atoms with van der Waals surface area (Å²) in [7, 11) is 3.14. The highest BCUT2D eigenvalue weighted by Gasteiger charge is 2.24. The Kier molecular flexibility index (Phi) is 5.17. The molecule has 0 aliphatic carbocycles. The van der Waals surface area contributed by atoms with Gasteiger partial charge in [-0.05, 0) is 43.8 Å². The van der Waals surface area contributed by atoms with Gasteiger partial charge >= 0.3 is 5.97 Å². The van der Waals surface area contributed by atoms with Crippen LogP contribution in [0.25, 0.3) is 21.6 Å². The van der Waals surface area contributed by atoms with Crippen molar-refractivity contribution in [3.63, 3.8) is 0 Å². The molecule has 0 saturated carbocycles. The molecule has 0 fully saturated rings. The maximum absolute atomic E-state index is 13.4. The van der Waals surface area contributed by atoms with Crippen molar-refractivity contribution < 1.29 is 14.3 Å². The van der Waals surface area contributed by atoms with E-state index in [0.717, 1.165) is 21.0 Å². The van der Waals surface area contributed by atoms with Gasteiger partial charge in [-0.15, -0.1) is 22.7 Å². The van der Waals surface area contributed by atoms with Crippen molar-refractivity contribution in [2.45, 2.75) is 20.8 Å². The van der Waals surface area contributed by atoms with Crippen LogP contribution in [0.1, 0.15) is 36.9 Å². The topological polar surface area (TPSA) is 86.1 Å². The zero-order valence-electron chi connectivity index (χ0n) is 17.2. The average Bonchev–Trinajstić information content (AvgIpc) is 3.41. The first kappa shape index (κ1) is 20.2. The van der Waals surface area contributed by atoms with Crippen LogP contribution >= 0.6 is 22.7 Å². The number of aryl methyl sites for hydroxylation is 3. The van der Waals surface area contributed by atoms with E-state index in [1.165, 1.54) is 18.4 Å². The Balaban J connectivity index is 1.85. The first-order chi connectivity index (χ1) is 14.3. The second-order valence-electron chi connectivity index (χ2n) is 6.87. The van der Waals surface area contributed by atoms with Gasteiger partial charge in [0.05, 0.1) is 39.9 Å². The molecule has 0 aliphatic heterocycles. The lowest BCUT2D eigenvalue weighted by atomic mass is 10.1. The predicted molar refractivity (Wildman–Crippen MR) is 120 cm³/mol. The van der Waals surface area contributed by atoms with E-state index < -0.39 is 5.97 Å². The third-order valence-corrected chi connectivity index (χ3v) is 7.00. The van der Waals surface area contributed by atoms with Gasteiger partial charge in [-0.2, -0.15) is 5.10 Å². The van der Waals surface area contributed by atoms with Crippen LogP contribution in [0.2, 0.25) is 0 Å². The van der Waals surface area contributed by atoms with Crippen molar-refractivity contribution in [3.8, 4) is 10.6 Å². The van der Waals surface area contributed by atoms with Crippen molar-refractivity contribution in [1.29, 1.82) is 0 Å². The predicted octanol–water partition coefficient (Wildman–Crippen LogP) is 4.72. The van der Waals surface area contributed by atoms with Crippen molar-refractivity contribution in [3.05, 3.63) is 50.8 Å². The molecule has 0 radical (unpaired) electrons. The Morgan fingerprint density at radius 1 is 1.23 bits per heavy atom. The summed E-state index contributed by atoms with van der Waals surface area (Å²) in [6.07, 6.45) is 0. The highest BCUT2D eigenvalue weighted by Crippen LogP contribution is 2.35. The number of rotatable bonds is 4. The highest BCUT2D eigenvalue weighted by molar-refractivity contribution is 7.16. The fourth-order valence-corrected chi connectivity index (χ4v) is 5.14. The summed E-state index contributed by atoms with van der Waals surface area (Å²) in [6.45, 7) is 5.61. The monoisotopic (exact) mass is 440 g/mol. The smallest absolute Gasteiger partial charge is 0.341 e. The minimum absolute atomic E-state index is 0.317. The van der Waals surface area contributed by atoms with Gasteiger partial charge in [0.25, 0.3) is 5.91 Å². The third-order valence-electron chi connectivity index (χ3n) is 4.99. The molecule has 4 aromatic rings. The van der Waals surface area contributed by atoms with Crippen LogP contribution in [-0.2, 0) is 11.8 Å². The number of anilines is 1. The third kappa shape index (κ3) is 3.29. The molecule has 0 saturated heterocycles. The average molecular weight is 441 g/mol. The fourth-order valence-electron chi connectivity index (χ4n) is 3.41. The number of hydrogen-bond acceptors (Lipinski definition) is 7. The van der Waals surface area contributed by atoms with Gasteiger partial charge in [0.15, 0.2) is 5.65 Å². The van der Waals surface area contributed by atoms with Gasteiger partial charge < -0.3 is 10.1 Å². The van der Waals surface area contributed by atoms with Crippen LogP contribution in [0.4, 0.5) is 5.00 Å². The number of amides is 1. The van der Waals surface area contributed by atoms with Crippen molar-refractivity contribution in [1.82, 2.24) is 14.8 Å². The Hall–Kier alpha value is -3.04. The first-order valence-electron chi connectivity index (χ1n) is 9.19. The maximum atomic E-state index is 13.4. The number of fused-ring (bicyclic) bond motifs is 1. The van der Waals surface area contributed by atoms with E-state index in [1.807, 2.05) is 45.3 Å². The molecular weight excluding hydrogens is 420 g/mol. The molecule has 1 N–H and O–H groups in total. The van der Waals surface area contributed by atoms with E-state index in [2.05, 4.69) is 10.4 Å². The number of methoxy groups -OCH3 is 1. The number of aromatic nitrogens is 3. The van der Waals surface area contributed by atoms with E-state index in [0.29, 0.717) is 32.9 Å². The number of esters is 1. The molecule has 0 atom stereocenters. The van der Waals surface area contributed by atoms with Gasteiger partial charge in [0, 0.05) is 11.9 Å². The molecule has 154 valence electrons. The molecule has 4 rings (SSSR count). The van der Waals surface area contributed by atoms with Crippen LogP contribution in [0.15, 0.2) is 23.6 Å². The Labute approximate surface area is 181 Å². The van der Waals surface area contributed by atoms with E-state index in [9.17, 15) is 9.59 Å². The van der Waals surface area contributed by atoms with Gasteiger partial charge in [-0.3, -0.25) is 9.48 Å². The maximum Gasteiger partial charge on any atom is 0.341 e. The molecule has 30 heavy (non-hydrogen) atoms. The number of hydrogen-bond donors (Lipinski definition) is 1. The summed E-state index contributed by atoms with van der Waals surface area (Å²) in [5, 5.41) is 10.5. The van der Waals surface area contributed by atoms with Crippen LogP contribution in [0.5, 0.6) is 0 Å². The molecule has 0 bridgehead atoms. The molecule has 0 aromatic carbocycles. The van der Waals surface area contributed by atoms with Gasteiger partial charge in [0.1, 0.15) is 5.00 Å². The zero-order chi connectivity index (χ0) is 21.6. The lowest BCUT2D eigenvalue weighted by Gasteiger charge is -2.09. The van der Waals surface area contributed by atoms with Crippen LogP contribution < -0.4 is 5.32 Å². The van der Waals surface area contributed by atoms with E-state index >= 15 is 0 Å². The lowest BCUT2D eigenvalue weighted by Crippen LogP contribution is -2.15. The molecule has 4 aromatic heterocycles. The molecule has 7 nitrogen and oxygen atoms in total. The van der Waals surface area contributed by atoms with Crippen LogP contribution in [-0.4, -0.2) is 33.8 Å². The summed E-state index contributed by atoms with van der Waals surface area (Å²) in [4.78, 5) is 32.3. The van der Waals surface area contributed by atoms with E-state index in [4.69, 9.17) is 9.72 Å². The molecule has 9 heteroatoms. The summed E-state index contributed by atoms with van der Waals surface area (Å²) in [6, 6.07) is 5.69. The number of pyridine rings is 1. The molecule has 0 unspecified atom stereocenters. The SMILES string of the molecule is COC(=O)c1c(NC(=O)c2cc(-c3cccs3)nc3c2c(C)nn3C)sc(C)c1C. The number of nitrogens with zero attached hydrogens (tertiary/aromatic N) is 3. The van der Waals surface area contributed by atoms with Crippen molar-refractivity contribution >= 4 is 50.6 Å². The van der Waals surface area contributed by atoms with Crippen LogP contribution in [0, 0.1) is 20.8 Å². The van der Waals surface area contributed by atoms with Crippen LogP contribution in [0.3, 0.4) is 0 Å². The van der Waals surface area contributed by atoms with Gasteiger partial charge in [-0.1, -0.05) is 6.07 Å². The summed E-state index contributed by atoms with van der Waals surface area (Å²) in [5.41, 5.74) is 3.72. The highest BCUT2D eigenvalue weighted by atomic mass is 32.1. The Morgan fingerprint density at radius 2 is 2.00 bits per heavy atom. The Morgan fingerprint density at radius 3 is 2.67 bits per heavy atom. The normalized spacial score (nSPS) is 11.1. The standard InChI is InChI=1S/C21H20N4O3S2/c1-10-12(3)30-20(16(10)21(27)28-5)23-19(26)13-9-14(15-7-6-8-29-15)22-18-17(13)11(2)24-25(18)4/h6-9H,1-5H3,(H,23,26). The van der Waals surface area contributed by atoms with E-state index in [1.54, 1.807) is 22.1 Å². The minimum atomic E-state index is -0.469. The molecule has 0 aliphatic rings. The number of ether oxygens (including phenoxy) is 1. The minimum Gasteiger partial charge on any atom is -0.465 e. The van der Waals surface area contributed by atoms with E-state index in [-0.39, 0.29) is 5.91 Å². The largest absolute Gasteiger partial charge is 0.465 e. The molecular formula is C21H20N4O3S2. The van der Waals surface area contributed by atoms with Gasteiger partial charge in [0.2, 0.25) is 0 Å². The Bertz CT molecular complexity index is 1290. The molecule has 4 heterocycles. The second kappa shape index (κ2) is 7.66. The van der Waals surface area contributed by atoms with Crippen molar-refractivity contribution in [2.75, 3.05) is 12.4 Å². The summed E-state index contributed by atoms with van der Waals surface area (Å²) >= 11 is 2.91. The number of carbonyl (C=O) groups excluding carboxylic acids is 2. The lowest BCUT2D eigenvalue weighted by molar-refractivity contribution is 0.0601. The summed E-state index contributed by atoms with van der Waals surface area (Å²) in [5.74, 6) is -0.786. The molecule has 0 spiro atoms. The van der Waals surface area contributed by atoms with Crippen molar-refractivity contribution in [2.24, 2.45) is 7.05 Å². The summed E-state index contributed by atoms with van der Waals surface area (Å²) < 4.78 is 6.59. The number of nitrogens with one attached hydrogen (secondary N) is 1. The van der Waals surface area contributed by atoms with Gasteiger partial charge in [-0.25, -0.2) is 9.78 Å². The first-order valence-corrected chi connectivity index (χ1v) is 10.9. The quantitative estimate of drug-likeness (QED) is 0.464. The zero-order valence-corrected chi connectivity index (χ0v) is 18.8. The number of carbonyl (C=O) groups is 2.